The Balaban J connectivity index is 2.26. The molecule has 0 spiro atoms. The number of hydrogen-bond acceptors (Lipinski definition) is 2. The molecule has 0 amide bonds. The third kappa shape index (κ3) is 2.76. The molecule has 0 radical (unpaired) electrons. The monoisotopic (exact) mass is 171 g/mol. The maximum absolute atomic E-state index is 5.26. The summed E-state index contributed by atoms with van der Waals surface area (Å²) in [4.78, 5) is 5.26. The first-order chi connectivity index (χ1) is 5.88. The first kappa shape index (κ1) is 10.0. The highest BCUT2D eigenvalue weighted by atomic mass is 16.6. The summed E-state index contributed by atoms with van der Waals surface area (Å²) in [6.45, 7) is 5.07. The van der Waals surface area contributed by atoms with Crippen molar-refractivity contribution in [3.8, 4) is 0 Å². The van der Waals surface area contributed by atoms with Gasteiger partial charge in [-0.1, -0.05) is 26.2 Å². The first-order valence-corrected chi connectivity index (χ1v) is 5.25. The Bertz CT molecular complexity index is 116. The lowest BCUT2D eigenvalue weighted by Crippen LogP contribution is -2.38. The van der Waals surface area contributed by atoms with Crippen LogP contribution in [0.1, 0.15) is 46.0 Å². The molecule has 0 aromatic heterocycles. The van der Waals surface area contributed by atoms with E-state index in [-0.39, 0.29) is 0 Å². The van der Waals surface area contributed by atoms with Crippen LogP contribution in [-0.2, 0) is 4.84 Å². The van der Waals surface area contributed by atoms with Crippen LogP contribution in [0.3, 0.4) is 0 Å². The molecule has 12 heavy (non-hydrogen) atoms. The minimum Gasteiger partial charge on any atom is -0.302 e. The van der Waals surface area contributed by atoms with Crippen LogP contribution in [0.2, 0.25) is 0 Å². The van der Waals surface area contributed by atoms with Gasteiger partial charge in [0.25, 0.3) is 0 Å². The lowest BCUT2D eigenvalue weighted by molar-refractivity contribution is -0.00254. The smallest absolute Gasteiger partial charge is 0.0654 e. The third-order valence-electron chi connectivity index (χ3n) is 2.81. The average molecular weight is 171 g/mol. The Morgan fingerprint density at radius 3 is 2.67 bits per heavy atom. The summed E-state index contributed by atoms with van der Waals surface area (Å²) in [5.41, 5.74) is 3.17. The van der Waals surface area contributed by atoms with Crippen LogP contribution in [0.4, 0.5) is 0 Å². The van der Waals surface area contributed by atoms with Gasteiger partial charge in [-0.3, -0.25) is 0 Å². The molecule has 1 aliphatic rings. The molecule has 0 aromatic carbocycles. The average Bonchev–Trinajstić information content (AvgIpc) is 2.15. The van der Waals surface area contributed by atoms with Gasteiger partial charge in [-0.2, -0.15) is 5.48 Å². The van der Waals surface area contributed by atoms with Crippen LogP contribution in [0.5, 0.6) is 0 Å². The van der Waals surface area contributed by atoms with E-state index < -0.39 is 0 Å². The van der Waals surface area contributed by atoms with Crippen molar-refractivity contribution in [3.63, 3.8) is 0 Å². The van der Waals surface area contributed by atoms with Gasteiger partial charge >= 0.3 is 0 Å². The summed E-state index contributed by atoms with van der Waals surface area (Å²) in [6.07, 6.45) is 6.72. The Morgan fingerprint density at radius 2 is 2.00 bits per heavy atom. The van der Waals surface area contributed by atoms with Crippen molar-refractivity contribution in [1.82, 2.24) is 5.48 Å². The molecule has 1 saturated carbocycles. The van der Waals surface area contributed by atoms with Gasteiger partial charge < -0.3 is 4.84 Å². The molecular formula is C10H21NO. The van der Waals surface area contributed by atoms with E-state index >= 15 is 0 Å². The standard InChI is InChI=1S/C10H21NO/c1-3-9-7-5-6-8-10(9)11-12-4-2/h9-11H,3-8H2,1-2H3. The summed E-state index contributed by atoms with van der Waals surface area (Å²) in [6, 6.07) is 0.615. The van der Waals surface area contributed by atoms with E-state index in [0.29, 0.717) is 6.04 Å². The number of hydrogen-bond donors (Lipinski definition) is 1. The van der Waals surface area contributed by atoms with Gasteiger partial charge in [0.2, 0.25) is 0 Å². The Labute approximate surface area is 75.6 Å². The molecule has 2 heteroatoms. The minimum absolute atomic E-state index is 0.615. The predicted molar refractivity (Wildman–Crippen MR) is 50.8 cm³/mol. The second kappa shape index (κ2) is 5.55. The fraction of sp³-hybridized carbons (Fsp3) is 1.00. The molecular weight excluding hydrogens is 150 g/mol. The van der Waals surface area contributed by atoms with Crippen molar-refractivity contribution in [2.75, 3.05) is 6.61 Å². The molecule has 1 fully saturated rings. The van der Waals surface area contributed by atoms with Crippen LogP contribution in [0.15, 0.2) is 0 Å². The maximum Gasteiger partial charge on any atom is 0.0654 e. The van der Waals surface area contributed by atoms with Gasteiger partial charge in [0.15, 0.2) is 0 Å². The van der Waals surface area contributed by atoms with Gasteiger partial charge in [-0.25, -0.2) is 0 Å². The van der Waals surface area contributed by atoms with Crippen LogP contribution in [-0.4, -0.2) is 12.6 Å². The van der Waals surface area contributed by atoms with Gasteiger partial charge in [0, 0.05) is 6.04 Å². The fourth-order valence-corrected chi connectivity index (χ4v) is 2.04. The second-order valence-electron chi connectivity index (χ2n) is 3.61. The maximum atomic E-state index is 5.26. The Morgan fingerprint density at radius 1 is 1.25 bits per heavy atom. The zero-order valence-corrected chi connectivity index (χ0v) is 8.31. The molecule has 2 atom stereocenters. The van der Waals surface area contributed by atoms with E-state index in [9.17, 15) is 0 Å². The number of rotatable bonds is 4. The van der Waals surface area contributed by atoms with Gasteiger partial charge in [-0.15, -0.1) is 0 Å². The van der Waals surface area contributed by atoms with E-state index in [1.165, 1.54) is 32.1 Å². The molecule has 1 N–H and O–H groups in total. The molecule has 0 heterocycles. The molecule has 1 rings (SSSR count). The van der Waals surface area contributed by atoms with E-state index in [1.54, 1.807) is 0 Å². The highest BCUT2D eigenvalue weighted by Gasteiger charge is 2.23. The molecule has 0 aromatic rings. The fourth-order valence-electron chi connectivity index (χ4n) is 2.04. The molecule has 72 valence electrons. The van der Waals surface area contributed by atoms with E-state index in [1.807, 2.05) is 6.92 Å². The van der Waals surface area contributed by atoms with E-state index in [2.05, 4.69) is 12.4 Å². The summed E-state index contributed by atoms with van der Waals surface area (Å²) < 4.78 is 0. The molecule has 0 saturated heterocycles. The van der Waals surface area contributed by atoms with Crippen LogP contribution in [0.25, 0.3) is 0 Å². The third-order valence-corrected chi connectivity index (χ3v) is 2.81. The van der Waals surface area contributed by atoms with Crippen LogP contribution >= 0.6 is 0 Å². The highest BCUT2D eigenvalue weighted by Crippen LogP contribution is 2.26. The topological polar surface area (TPSA) is 21.3 Å². The lowest BCUT2D eigenvalue weighted by Gasteiger charge is -2.30. The Kier molecular flexibility index (Phi) is 4.62. The quantitative estimate of drug-likeness (QED) is 0.656. The van der Waals surface area contributed by atoms with Crippen molar-refractivity contribution in [3.05, 3.63) is 0 Å². The molecule has 2 nitrogen and oxygen atoms in total. The largest absolute Gasteiger partial charge is 0.302 e. The summed E-state index contributed by atoms with van der Waals surface area (Å²) in [5.74, 6) is 0.838. The summed E-state index contributed by atoms with van der Waals surface area (Å²) in [5, 5.41) is 0. The zero-order valence-electron chi connectivity index (χ0n) is 8.31. The van der Waals surface area contributed by atoms with Crippen molar-refractivity contribution < 1.29 is 4.84 Å². The lowest BCUT2D eigenvalue weighted by atomic mass is 9.83. The predicted octanol–water partition coefficient (Wildman–Crippen LogP) is 2.50. The highest BCUT2D eigenvalue weighted by molar-refractivity contribution is 4.77. The molecule has 2 unspecified atom stereocenters. The van der Waals surface area contributed by atoms with E-state index in [0.717, 1.165) is 12.5 Å². The SMILES string of the molecule is CCONC1CCCCC1CC. The van der Waals surface area contributed by atoms with Gasteiger partial charge in [0.05, 0.1) is 6.61 Å². The zero-order chi connectivity index (χ0) is 8.81. The number of nitrogens with one attached hydrogen (secondary N) is 1. The molecule has 1 aliphatic carbocycles. The van der Waals surface area contributed by atoms with Crippen molar-refractivity contribution >= 4 is 0 Å². The Hall–Kier alpha value is -0.0800. The normalized spacial score (nSPS) is 30.5. The van der Waals surface area contributed by atoms with Crippen LogP contribution in [0, 0.1) is 5.92 Å². The van der Waals surface area contributed by atoms with Crippen molar-refractivity contribution in [2.45, 2.75) is 52.0 Å². The van der Waals surface area contributed by atoms with Gasteiger partial charge in [0.1, 0.15) is 0 Å². The second-order valence-corrected chi connectivity index (χ2v) is 3.61. The summed E-state index contributed by atoms with van der Waals surface area (Å²) in [7, 11) is 0. The van der Waals surface area contributed by atoms with E-state index in [4.69, 9.17) is 4.84 Å². The van der Waals surface area contributed by atoms with Crippen molar-refractivity contribution in [1.29, 1.82) is 0 Å². The van der Waals surface area contributed by atoms with Crippen molar-refractivity contribution in [2.24, 2.45) is 5.92 Å². The molecule has 0 aliphatic heterocycles. The van der Waals surface area contributed by atoms with Crippen LogP contribution < -0.4 is 5.48 Å². The summed E-state index contributed by atoms with van der Waals surface area (Å²) >= 11 is 0. The van der Waals surface area contributed by atoms with Gasteiger partial charge in [-0.05, 0) is 25.7 Å². The molecule has 0 bridgehead atoms. The first-order valence-electron chi connectivity index (χ1n) is 5.25. The number of hydroxylamine groups is 1. The minimum atomic E-state index is 0.615.